The molecule has 0 radical (unpaired) electrons. The number of carbonyl (C=O) groups is 2. The van der Waals surface area contributed by atoms with Crippen LogP contribution in [0.5, 0.6) is 0 Å². The van der Waals surface area contributed by atoms with Crippen LogP contribution in [0.3, 0.4) is 0 Å². The summed E-state index contributed by atoms with van der Waals surface area (Å²) >= 11 is 1.02. The van der Waals surface area contributed by atoms with Gasteiger partial charge in [0.2, 0.25) is 0 Å². The minimum absolute atomic E-state index is 0.129. The second kappa shape index (κ2) is 18.1. The molecule has 0 amide bonds. The summed E-state index contributed by atoms with van der Waals surface area (Å²) in [5, 5.41) is 17.1. The number of hydrogen-bond acceptors (Lipinski definition) is 3. The Morgan fingerprint density at radius 2 is 1.12 bits per heavy atom. The molecule has 25 heavy (non-hydrogen) atoms. The van der Waals surface area contributed by atoms with E-state index in [1.807, 2.05) is 0 Å². The van der Waals surface area contributed by atoms with Gasteiger partial charge in [-0.25, -0.2) is 0 Å². The molecule has 0 aromatic heterocycles. The van der Waals surface area contributed by atoms with Gasteiger partial charge in [0, 0.05) is 0 Å². The van der Waals surface area contributed by atoms with Crippen LogP contribution in [0.4, 0.5) is 0 Å². The first kappa shape index (κ1) is 24.3. The Bertz CT molecular complexity index is 334. The zero-order valence-corrected chi connectivity index (χ0v) is 16.8. The lowest BCUT2D eigenvalue weighted by Gasteiger charge is -2.10. The van der Waals surface area contributed by atoms with Crippen LogP contribution in [0.2, 0.25) is 0 Å². The summed E-state index contributed by atoms with van der Waals surface area (Å²) in [5.74, 6) is -1.96. The van der Waals surface area contributed by atoms with Crippen molar-refractivity contribution in [3.8, 4) is 0 Å². The van der Waals surface area contributed by atoms with E-state index in [2.05, 4.69) is 6.92 Å². The standard InChI is InChI=1S/C20H38O4S/c1-2-3-4-5-6-7-8-9-10-11-12-13-14-15-16-18(20(23)24)25-17-19(21)22/h18H,2-17H2,1H3,(H,21,22)(H,23,24). The first-order valence-electron chi connectivity index (χ1n) is 10.1. The van der Waals surface area contributed by atoms with Gasteiger partial charge in [-0.2, -0.15) is 0 Å². The van der Waals surface area contributed by atoms with Gasteiger partial charge < -0.3 is 10.2 Å². The molecule has 0 fully saturated rings. The quantitative estimate of drug-likeness (QED) is 0.266. The van der Waals surface area contributed by atoms with Crippen LogP contribution in [0.1, 0.15) is 103 Å². The van der Waals surface area contributed by atoms with Crippen molar-refractivity contribution in [2.24, 2.45) is 0 Å². The highest BCUT2D eigenvalue weighted by Gasteiger charge is 2.18. The first-order chi connectivity index (χ1) is 12.1. The van der Waals surface area contributed by atoms with E-state index in [1.165, 1.54) is 70.6 Å². The molecule has 0 bridgehead atoms. The van der Waals surface area contributed by atoms with Crippen LogP contribution >= 0.6 is 11.8 Å². The van der Waals surface area contributed by atoms with Crippen LogP contribution < -0.4 is 0 Å². The topological polar surface area (TPSA) is 74.6 Å². The molecule has 4 nitrogen and oxygen atoms in total. The first-order valence-corrected chi connectivity index (χ1v) is 11.2. The lowest BCUT2D eigenvalue weighted by molar-refractivity contribution is -0.136. The van der Waals surface area contributed by atoms with E-state index in [4.69, 9.17) is 10.2 Å². The molecule has 0 aromatic rings. The maximum absolute atomic E-state index is 11.1. The maximum atomic E-state index is 11.1. The SMILES string of the molecule is CCCCCCCCCCCCCCCCC(SCC(=O)O)C(=O)O. The minimum atomic E-state index is -0.947. The van der Waals surface area contributed by atoms with E-state index in [1.54, 1.807) is 0 Å². The second-order valence-electron chi connectivity index (χ2n) is 6.92. The smallest absolute Gasteiger partial charge is 0.316 e. The molecule has 0 heterocycles. The average molecular weight is 375 g/mol. The van der Waals surface area contributed by atoms with Crippen molar-refractivity contribution in [1.29, 1.82) is 0 Å². The monoisotopic (exact) mass is 374 g/mol. The van der Waals surface area contributed by atoms with Gasteiger partial charge in [0.15, 0.2) is 0 Å². The zero-order valence-electron chi connectivity index (χ0n) is 16.0. The Labute approximate surface area is 158 Å². The molecule has 0 aliphatic rings. The maximum Gasteiger partial charge on any atom is 0.316 e. The third-order valence-electron chi connectivity index (χ3n) is 4.50. The summed E-state index contributed by atoms with van der Waals surface area (Å²) in [6, 6.07) is 0. The molecule has 0 saturated heterocycles. The van der Waals surface area contributed by atoms with Gasteiger partial charge in [-0.05, 0) is 6.42 Å². The van der Waals surface area contributed by atoms with E-state index in [0.717, 1.165) is 31.0 Å². The van der Waals surface area contributed by atoms with Crippen LogP contribution in [-0.4, -0.2) is 33.2 Å². The fraction of sp³-hybridized carbons (Fsp3) is 0.900. The van der Waals surface area contributed by atoms with Crippen molar-refractivity contribution in [1.82, 2.24) is 0 Å². The Hall–Kier alpha value is -0.710. The molecule has 5 heteroatoms. The third kappa shape index (κ3) is 17.9. The molecule has 1 unspecified atom stereocenters. The second-order valence-corrected chi connectivity index (χ2v) is 8.11. The molecule has 148 valence electrons. The summed E-state index contributed by atoms with van der Waals surface area (Å²) in [5.41, 5.74) is 0. The third-order valence-corrected chi connectivity index (χ3v) is 5.76. The summed E-state index contributed by atoms with van der Waals surface area (Å²) in [4.78, 5) is 21.6. The predicted octanol–water partition coefficient (Wildman–Crippen LogP) is 6.13. The Morgan fingerprint density at radius 1 is 0.720 bits per heavy atom. The number of carboxylic acid groups (broad SMARTS) is 2. The van der Waals surface area contributed by atoms with Crippen LogP contribution in [0.15, 0.2) is 0 Å². The molecule has 0 rings (SSSR count). The minimum Gasteiger partial charge on any atom is -0.481 e. The highest BCUT2D eigenvalue weighted by atomic mass is 32.2. The highest BCUT2D eigenvalue weighted by Crippen LogP contribution is 2.19. The van der Waals surface area contributed by atoms with Crippen molar-refractivity contribution in [3.05, 3.63) is 0 Å². The predicted molar refractivity (Wildman–Crippen MR) is 106 cm³/mol. The molecule has 0 aliphatic heterocycles. The fourth-order valence-electron chi connectivity index (χ4n) is 2.97. The Kier molecular flexibility index (Phi) is 17.6. The van der Waals surface area contributed by atoms with Gasteiger partial charge in [0.1, 0.15) is 5.25 Å². The van der Waals surface area contributed by atoms with Gasteiger partial charge in [0.05, 0.1) is 5.75 Å². The summed E-state index contributed by atoms with van der Waals surface area (Å²) < 4.78 is 0. The molecule has 2 N–H and O–H groups in total. The van der Waals surface area contributed by atoms with E-state index in [-0.39, 0.29) is 5.75 Å². The van der Waals surface area contributed by atoms with Crippen molar-refractivity contribution in [2.75, 3.05) is 5.75 Å². The number of aliphatic carboxylic acids is 2. The normalized spacial score (nSPS) is 12.2. The number of unbranched alkanes of at least 4 members (excludes halogenated alkanes) is 13. The molecule has 0 spiro atoms. The lowest BCUT2D eigenvalue weighted by atomic mass is 10.0. The zero-order chi connectivity index (χ0) is 18.8. The molecule has 0 aliphatic carbocycles. The molecule has 1 atom stereocenters. The van der Waals surface area contributed by atoms with Gasteiger partial charge in [-0.15, -0.1) is 11.8 Å². The number of thioether (sulfide) groups is 1. The average Bonchev–Trinajstić information content (AvgIpc) is 2.57. The van der Waals surface area contributed by atoms with E-state index in [9.17, 15) is 9.59 Å². The van der Waals surface area contributed by atoms with Crippen LogP contribution in [0.25, 0.3) is 0 Å². The van der Waals surface area contributed by atoms with E-state index >= 15 is 0 Å². The fourth-order valence-corrected chi connectivity index (χ4v) is 3.79. The summed E-state index contributed by atoms with van der Waals surface area (Å²) in [7, 11) is 0. The Balaban J connectivity index is 3.34. The van der Waals surface area contributed by atoms with Gasteiger partial charge in [-0.3, -0.25) is 9.59 Å². The van der Waals surface area contributed by atoms with Gasteiger partial charge >= 0.3 is 11.9 Å². The molecular formula is C20H38O4S. The van der Waals surface area contributed by atoms with Crippen molar-refractivity contribution < 1.29 is 19.8 Å². The lowest BCUT2D eigenvalue weighted by Crippen LogP contribution is -2.18. The van der Waals surface area contributed by atoms with Gasteiger partial charge in [-0.1, -0.05) is 96.8 Å². The van der Waals surface area contributed by atoms with Crippen LogP contribution in [0, 0.1) is 0 Å². The summed E-state index contributed by atoms with van der Waals surface area (Å²) in [6.07, 6.45) is 18.5. The van der Waals surface area contributed by atoms with E-state index < -0.39 is 17.2 Å². The van der Waals surface area contributed by atoms with Crippen LogP contribution in [-0.2, 0) is 9.59 Å². The number of rotatable bonds is 19. The van der Waals surface area contributed by atoms with Crippen molar-refractivity contribution >= 4 is 23.7 Å². The largest absolute Gasteiger partial charge is 0.481 e. The number of hydrogen-bond donors (Lipinski definition) is 2. The van der Waals surface area contributed by atoms with E-state index in [0.29, 0.717) is 6.42 Å². The highest BCUT2D eigenvalue weighted by molar-refractivity contribution is 8.01. The molecule has 0 saturated carbocycles. The molecule has 0 aromatic carbocycles. The van der Waals surface area contributed by atoms with Gasteiger partial charge in [0.25, 0.3) is 0 Å². The summed E-state index contributed by atoms with van der Waals surface area (Å²) in [6.45, 7) is 2.25. The Morgan fingerprint density at radius 3 is 1.48 bits per heavy atom. The molecular weight excluding hydrogens is 336 g/mol. The number of carboxylic acids is 2. The van der Waals surface area contributed by atoms with Crippen molar-refractivity contribution in [2.45, 2.75) is 108 Å². The van der Waals surface area contributed by atoms with Crippen molar-refractivity contribution in [3.63, 3.8) is 0 Å².